The van der Waals surface area contributed by atoms with Gasteiger partial charge in [0, 0.05) is 11.3 Å². The molecular formula is C17H22O3. The number of terminal acetylenes is 1. The molecule has 2 aliphatic carbocycles. The summed E-state index contributed by atoms with van der Waals surface area (Å²) in [6, 6.07) is 0. The van der Waals surface area contributed by atoms with Gasteiger partial charge in [0.15, 0.2) is 11.4 Å². The van der Waals surface area contributed by atoms with Crippen LogP contribution in [-0.4, -0.2) is 23.8 Å². The van der Waals surface area contributed by atoms with E-state index >= 15 is 0 Å². The van der Waals surface area contributed by atoms with Crippen LogP contribution in [0.25, 0.3) is 0 Å². The molecule has 0 aromatic rings. The third kappa shape index (κ3) is 1.58. The SMILES string of the molecule is C#C[C@]1(C)OC(C)(C)O[C@H]1[C@H]1[C@H]2CC=C[C@@H](C)[C@@]12C=O. The van der Waals surface area contributed by atoms with Crippen LogP contribution in [0.1, 0.15) is 34.1 Å². The first-order valence-electron chi connectivity index (χ1n) is 7.29. The zero-order valence-corrected chi connectivity index (χ0v) is 12.6. The molecule has 0 spiro atoms. The van der Waals surface area contributed by atoms with Crippen LogP contribution in [0, 0.1) is 35.5 Å². The molecule has 0 aromatic carbocycles. The molecule has 0 aromatic heterocycles. The lowest BCUT2D eigenvalue weighted by Crippen LogP contribution is -2.39. The maximum absolute atomic E-state index is 11.8. The smallest absolute Gasteiger partial charge is 0.165 e. The van der Waals surface area contributed by atoms with E-state index in [1.54, 1.807) is 0 Å². The highest BCUT2D eigenvalue weighted by atomic mass is 16.8. The van der Waals surface area contributed by atoms with Gasteiger partial charge in [0.2, 0.25) is 0 Å². The third-order valence-electron chi connectivity index (χ3n) is 5.38. The zero-order valence-electron chi connectivity index (χ0n) is 12.6. The summed E-state index contributed by atoms with van der Waals surface area (Å²) in [4.78, 5) is 11.8. The van der Waals surface area contributed by atoms with Gasteiger partial charge in [-0.15, -0.1) is 6.42 Å². The van der Waals surface area contributed by atoms with Crippen LogP contribution >= 0.6 is 0 Å². The Morgan fingerprint density at radius 1 is 1.40 bits per heavy atom. The molecule has 0 radical (unpaired) electrons. The average molecular weight is 274 g/mol. The van der Waals surface area contributed by atoms with Gasteiger partial charge in [-0.2, -0.15) is 0 Å². The Kier molecular flexibility index (Phi) is 2.74. The molecule has 3 heteroatoms. The van der Waals surface area contributed by atoms with E-state index in [2.05, 4.69) is 25.0 Å². The van der Waals surface area contributed by atoms with Crippen LogP contribution in [0.2, 0.25) is 0 Å². The fourth-order valence-electron chi connectivity index (χ4n) is 4.41. The zero-order chi connectivity index (χ0) is 14.8. The van der Waals surface area contributed by atoms with Crippen molar-refractivity contribution in [3.63, 3.8) is 0 Å². The molecule has 1 heterocycles. The van der Waals surface area contributed by atoms with E-state index in [4.69, 9.17) is 15.9 Å². The Morgan fingerprint density at radius 2 is 2.10 bits per heavy atom. The Bertz CT molecular complexity index is 515. The maximum Gasteiger partial charge on any atom is 0.165 e. The Balaban J connectivity index is 1.96. The Hall–Kier alpha value is -1.11. The lowest BCUT2D eigenvalue weighted by molar-refractivity contribution is -0.154. The minimum atomic E-state index is -0.763. The fourth-order valence-corrected chi connectivity index (χ4v) is 4.41. The normalized spacial score (nSPS) is 52.1. The molecule has 6 atom stereocenters. The van der Waals surface area contributed by atoms with Gasteiger partial charge in [0.25, 0.3) is 0 Å². The van der Waals surface area contributed by atoms with Crippen LogP contribution in [0.4, 0.5) is 0 Å². The number of allylic oxidation sites excluding steroid dienone is 2. The number of carbonyl (C=O) groups is 1. The van der Waals surface area contributed by atoms with Crippen LogP contribution in [-0.2, 0) is 14.3 Å². The van der Waals surface area contributed by atoms with Crippen molar-refractivity contribution in [1.82, 2.24) is 0 Å². The molecule has 1 saturated carbocycles. The lowest BCUT2D eigenvalue weighted by Gasteiger charge is -2.25. The molecule has 0 unspecified atom stereocenters. The van der Waals surface area contributed by atoms with Crippen molar-refractivity contribution < 1.29 is 14.3 Å². The molecule has 3 nitrogen and oxygen atoms in total. The van der Waals surface area contributed by atoms with Gasteiger partial charge in [-0.3, -0.25) is 0 Å². The van der Waals surface area contributed by atoms with Gasteiger partial charge in [-0.1, -0.05) is 25.0 Å². The first-order chi connectivity index (χ1) is 9.31. The highest BCUT2D eigenvalue weighted by Crippen LogP contribution is 2.69. The highest BCUT2D eigenvalue weighted by molar-refractivity contribution is 5.69. The minimum Gasteiger partial charge on any atom is -0.343 e. The number of rotatable bonds is 2. The van der Waals surface area contributed by atoms with E-state index in [1.807, 2.05) is 20.8 Å². The second-order valence-corrected chi connectivity index (χ2v) is 6.99. The van der Waals surface area contributed by atoms with Gasteiger partial charge in [-0.05, 0) is 39.0 Å². The quantitative estimate of drug-likeness (QED) is 0.441. The molecule has 1 saturated heterocycles. The van der Waals surface area contributed by atoms with E-state index in [-0.39, 0.29) is 23.4 Å². The third-order valence-corrected chi connectivity index (χ3v) is 5.38. The summed E-state index contributed by atoms with van der Waals surface area (Å²) in [7, 11) is 0. The number of ether oxygens (including phenoxy) is 2. The molecular weight excluding hydrogens is 252 g/mol. The second kappa shape index (κ2) is 3.96. The molecule has 0 amide bonds. The predicted molar refractivity (Wildman–Crippen MR) is 75.7 cm³/mol. The predicted octanol–water partition coefficient (Wildman–Crippen LogP) is 2.56. The van der Waals surface area contributed by atoms with Crippen molar-refractivity contribution in [2.75, 3.05) is 0 Å². The summed E-state index contributed by atoms with van der Waals surface area (Å²) in [5.41, 5.74) is -1.08. The van der Waals surface area contributed by atoms with Crippen LogP contribution < -0.4 is 0 Å². The molecule has 0 N–H and O–H groups in total. The largest absolute Gasteiger partial charge is 0.343 e. The fraction of sp³-hybridized carbons (Fsp3) is 0.706. The maximum atomic E-state index is 11.8. The topological polar surface area (TPSA) is 35.5 Å². The molecule has 3 rings (SSSR count). The summed E-state index contributed by atoms with van der Waals surface area (Å²) in [6.45, 7) is 7.76. The van der Waals surface area contributed by atoms with Gasteiger partial charge in [-0.25, -0.2) is 0 Å². The van der Waals surface area contributed by atoms with Crippen LogP contribution in [0.3, 0.4) is 0 Å². The van der Waals surface area contributed by atoms with Crippen molar-refractivity contribution >= 4 is 6.29 Å². The number of fused-ring (bicyclic) bond motifs is 1. The average Bonchev–Trinajstić information content (AvgIpc) is 2.98. The first kappa shape index (κ1) is 13.9. The molecule has 3 aliphatic rings. The summed E-state index contributed by atoms with van der Waals surface area (Å²) >= 11 is 0. The number of hydrogen-bond acceptors (Lipinski definition) is 3. The molecule has 0 bridgehead atoms. The molecule has 20 heavy (non-hydrogen) atoms. The number of carbonyl (C=O) groups excluding carboxylic acids is 1. The van der Waals surface area contributed by atoms with Crippen molar-refractivity contribution in [3.05, 3.63) is 12.2 Å². The van der Waals surface area contributed by atoms with Crippen molar-refractivity contribution in [3.8, 4) is 12.3 Å². The molecule has 108 valence electrons. The lowest BCUT2D eigenvalue weighted by atomic mass is 9.82. The Morgan fingerprint density at radius 3 is 2.65 bits per heavy atom. The van der Waals surface area contributed by atoms with Gasteiger partial charge >= 0.3 is 0 Å². The van der Waals surface area contributed by atoms with E-state index in [0.717, 1.165) is 12.7 Å². The van der Waals surface area contributed by atoms with Crippen LogP contribution in [0.15, 0.2) is 12.2 Å². The van der Waals surface area contributed by atoms with Crippen molar-refractivity contribution in [2.45, 2.75) is 51.6 Å². The molecule has 2 fully saturated rings. The van der Waals surface area contributed by atoms with Gasteiger partial charge < -0.3 is 14.3 Å². The van der Waals surface area contributed by atoms with E-state index in [1.165, 1.54) is 0 Å². The van der Waals surface area contributed by atoms with E-state index < -0.39 is 11.4 Å². The molecule has 1 aliphatic heterocycles. The van der Waals surface area contributed by atoms with Gasteiger partial charge in [0.05, 0.1) is 0 Å². The summed E-state index contributed by atoms with van der Waals surface area (Å²) < 4.78 is 12.0. The van der Waals surface area contributed by atoms with Crippen molar-refractivity contribution in [1.29, 1.82) is 0 Å². The summed E-state index contributed by atoms with van der Waals surface area (Å²) in [5, 5.41) is 0. The minimum absolute atomic E-state index is 0.146. The van der Waals surface area contributed by atoms with Crippen molar-refractivity contribution in [2.24, 2.45) is 23.2 Å². The highest BCUT2D eigenvalue weighted by Gasteiger charge is 2.74. The Labute approximate surface area is 120 Å². The number of hydrogen-bond donors (Lipinski definition) is 0. The van der Waals surface area contributed by atoms with E-state index in [9.17, 15) is 4.79 Å². The standard InChI is InChI=1S/C17H22O3/c1-6-16(5)14(19-15(3,4)20-16)13-12-9-7-8-11(2)17(12,13)10-18/h1,7-8,10-14H,9H2,2-5H3/t11-,12-,13-,14+,16+,17-/m1/s1. The van der Waals surface area contributed by atoms with Gasteiger partial charge in [0.1, 0.15) is 12.4 Å². The summed E-state index contributed by atoms with van der Waals surface area (Å²) in [6.07, 6.45) is 11.8. The number of aldehydes is 1. The summed E-state index contributed by atoms with van der Waals surface area (Å²) in [5.74, 6) is 2.76. The second-order valence-electron chi connectivity index (χ2n) is 6.99. The monoisotopic (exact) mass is 274 g/mol. The van der Waals surface area contributed by atoms with Crippen LogP contribution in [0.5, 0.6) is 0 Å². The van der Waals surface area contributed by atoms with E-state index in [0.29, 0.717) is 5.92 Å². The first-order valence-corrected chi connectivity index (χ1v) is 7.29.